The summed E-state index contributed by atoms with van der Waals surface area (Å²) < 4.78 is 0. The van der Waals surface area contributed by atoms with Crippen LogP contribution in [-0.2, 0) is 13.1 Å². The number of guanidine groups is 1. The van der Waals surface area contributed by atoms with Crippen LogP contribution >= 0.6 is 24.0 Å². The number of halogens is 1. The molecule has 5 heteroatoms. The van der Waals surface area contributed by atoms with E-state index >= 15 is 0 Å². The Labute approximate surface area is 161 Å². The minimum absolute atomic E-state index is 0. The zero-order chi connectivity index (χ0) is 16.7. The number of rotatable bonds is 5. The lowest BCUT2D eigenvalue weighted by Crippen LogP contribution is -2.36. The molecule has 2 rings (SSSR count). The molecule has 0 aromatic heterocycles. The van der Waals surface area contributed by atoms with Crippen molar-refractivity contribution in [2.45, 2.75) is 33.9 Å². The Morgan fingerprint density at radius 1 is 1.00 bits per heavy atom. The first-order valence-corrected chi connectivity index (χ1v) is 7.95. The second kappa shape index (κ2) is 10.2. The van der Waals surface area contributed by atoms with Crippen LogP contribution in [0.4, 0.5) is 0 Å². The molecule has 0 aliphatic rings. The Morgan fingerprint density at radius 3 is 2.21 bits per heavy atom. The zero-order valence-electron chi connectivity index (χ0n) is 14.5. The highest BCUT2D eigenvalue weighted by atomic mass is 127. The molecule has 0 aliphatic carbocycles. The summed E-state index contributed by atoms with van der Waals surface area (Å²) in [5, 5.41) is 16.4. The summed E-state index contributed by atoms with van der Waals surface area (Å²) in [5.74, 6) is 1.16. The van der Waals surface area contributed by atoms with Crippen LogP contribution in [0.5, 0.6) is 5.75 Å². The molecule has 0 aliphatic heterocycles. The van der Waals surface area contributed by atoms with Gasteiger partial charge in [-0.15, -0.1) is 24.0 Å². The van der Waals surface area contributed by atoms with Gasteiger partial charge in [-0.2, -0.15) is 0 Å². The maximum Gasteiger partial charge on any atom is 0.191 e. The lowest BCUT2D eigenvalue weighted by atomic mass is 10.1. The third-order valence-corrected chi connectivity index (χ3v) is 3.62. The predicted octanol–water partition coefficient (Wildman–Crippen LogP) is 3.88. The standard InChI is InChI=1S/C19H25N3O.HI/c1-4-20-19(21-12-16-8-6-5-7-9-16)22-13-17-10-14(2)18(23)15(3)11-17;/h5-11,23H,4,12-13H2,1-3H3,(H2,20,21,22);1H. The first-order chi connectivity index (χ1) is 11.1. The molecule has 0 unspecified atom stereocenters. The fourth-order valence-corrected chi connectivity index (χ4v) is 2.43. The molecular weight excluding hydrogens is 413 g/mol. The van der Waals surface area contributed by atoms with Crippen molar-refractivity contribution in [1.82, 2.24) is 10.6 Å². The monoisotopic (exact) mass is 439 g/mol. The van der Waals surface area contributed by atoms with E-state index in [1.54, 1.807) is 0 Å². The van der Waals surface area contributed by atoms with Gasteiger partial charge in [-0.25, -0.2) is 4.99 Å². The second-order valence-corrected chi connectivity index (χ2v) is 5.61. The van der Waals surface area contributed by atoms with Crippen LogP contribution in [-0.4, -0.2) is 17.6 Å². The number of aromatic hydroxyl groups is 1. The van der Waals surface area contributed by atoms with Crippen molar-refractivity contribution < 1.29 is 5.11 Å². The molecule has 0 bridgehead atoms. The highest BCUT2D eigenvalue weighted by Crippen LogP contribution is 2.23. The smallest absolute Gasteiger partial charge is 0.191 e. The highest BCUT2D eigenvalue weighted by Gasteiger charge is 2.04. The van der Waals surface area contributed by atoms with Gasteiger partial charge in [0.05, 0.1) is 6.54 Å². The van der Waals surface area contributed by atoms with E-state index in [2.05, 4.69) is 34.7 Å². The SMILES string of the molecule is CCNC(=NCc1cc(C)c(O)c(C)c1)NCc1ccccc1.I. The van der Waals surface area contributed by atoms with Crippen LogP contribution in [0.25, 0.3) is 0 Å². The van der Waals surface area contributed by atoms with E-state index in [9.17, 15) is 5.11 Å². The van der Waals surface area contributed by atoms with Crippen molar-refractivity contribution in [2.24, 2.45) is 4.99 Å². The maximum atomic E-state index is 9.84. The van der Waals surface area contributed by atoms with Crippen molar-refractivity contribution in [1.29, 1.82) is 0 Å². The number of aliphatic imine (C=N–C) groups is 1. The maximum absolute atomic E-state index is 9.84. The quantitative estimate of drug-likeness (QED) is 0.377. The number of nitrogens with zero attached hydrogens (tertiary/aromatic N) is 1. The van der Waals surface area contributed by atoms with Gasteiger partial charge >= 0.3 is 0 Å². The lowest BCUT2D eigenvalue weighted by Gasteiger charge is -2.12. The van der Waals surface area contributed by atoms with E-state index in [4.69, 9.17) is 0 Å². The molecular formula is C19H26IN3O. The van der Waals surface area contributed by atoms with Crippen LogP contribution < -0.4 is 10.6 Å². The number of aryl methyl sites for hydroxylation is 2. The summed E-state index contributed by atoms with van der Waals surface area (Å²) in [5.41, 5.74) is 4.08. The number of phenolic OH excluding ortho intramolecular Hbond substituents is 1. The van der Waals surface area contributed by atoms with Gasteiger partial charge in [-0.1, -0.05) is 42.5 Å². The van der Waals surface area contributed by atoms with Crippen molar-refractivity contribution in [3.8, 4) is 5.75 Å². The predicted molar refractivity (Wildman–Crippen MR) is 111 cm³/mol. The number of benzene rings is 2. The molecule has 0 atom stereocenters. The average Bonchev–Trinajstić information content (AvgIpc) is 2.56. The second-order valence-electron chi connectivity index (χ2n) is 5.61. The Bertz CT molecular complexity index is 649. The lowest BCUT2D eigenvalue weighted by molar-refractivity contribution is 0.466. The van der Waals surface area contributed by atoms with E-state index in [1.165, 1.54) is 5.56 Å². The van der Waals surface area contributed by atoms with Gasteiger partial charge in [-0.05, 0) is 43.0 Å². The molecule has 0 heterocycles. The Morgan fingerprint density at radius 2 is 1.62 bits per heavy atom. The summed E-state index contributed by atoms with van der Waals surface area (Å²) in [7, 11) is 0. The summed E-state index contributed by atoms with van der Waals surface area (Å²) in [6.07, 6.45) is 0. The van der Waals surface area contributed by atoms with E-state index in [-0.39, 0.29) is 24.0 Å². The molecule has 0 saturated carbocycles. The normalized spacial score (nSPS) is 10.9. The third kappa shape index (κ3) is 6.03. The van der Waals surface area contributed by atoms with Crippen LogP contribution in [0.1, 0.15) is 29.2 Å². The topological polar surface area (TPSA) is 56.7 Å². The highest BCUT2D eigenvalue weighted by molar-refractivity contribution is 14.0. The van der Waals surface area contributed by atoms with Gasteiger partial charge in [-0.3, -0.25) is 0 Å². The van der Waals surface area contributed by atoms with Gasteiger partial charge in [0, 0.05) is 13.1 Å². The largest absolute Gasteiger partial charge is 0.507 e. The third-order valence-electron chi connectivity index (χ3n) is 3.62. The van der Waals surface area contributed by atoms with E-state index in [1.807, 2.05) is 44.2 Å². The van der Waals surface area contributed by atoms with Crippen LogP contribution in [0.15, 0.2) is 47.5 Å². The molecule has 0 spiro atoms. The van der Waals surface area contributed by atoms with Crippen molar-refractivity contribution >= 4 is 29.9 Å². The molecule has 2 aromatic carbocycles. The number of phenols is 1. The molecule has 4 nitrogen and oxygen atoms in total. The van der Waals surface area contributed by atoms with Gasteiger partial charge < -0.3 is 15.7 Å². The molecule has 2 aromatic rings. The first kappa shape index (κ1) is 20.3. The zero-order valence-corrected chi connectivity index (χ0v) is 16.8. The summed E-state index contributed by atoms with van der Waals surface area (Å²) in [6.45, 7) is 8.00. The Hall–Kier alpha value is -1.76. The van der Waals surface area contributed by atoms with Crippen molar-refractivity contribution in [3.63, 3.8) is 0 Å². The van der Waals surface area contributed by atoms with Gasteiger partial charge in [0.1, 0.15) is 5.75 Å². The molecule has 130 valence electrons. The number of hydrogen-bond donors (Lipinski definition) is 3. The van der Waals surface area contributed by atoms with Crippen molar-refractivity contribution in [3.05, 3.63) is 64.7 Å². The minimum Gasteiger partial charge on any atom is -0.507 e. The Kier molecular flexibility index (Phi) is 8.60. The van der Waals surface area contributed by atoms with E-state index in [0.29, 0.717) is 12.3 Å². The summed E-state index contributed by atoms with van der Waals surface area (Å²) in [6, 6.07) is 14.2. The fraction of sp³-hybridized carbons (Fsp3) is 0.316. The molecule has 24 heavy (non-hydrogen) atoms. The van der Waals surface area contributed by atoms with Gasteiger partial charge in [0.15, 0.2) is 5.96 Å². The average molecular weight is 439 g/mol. The molecule has 0 radical (unpaired) electrons. The molecule has 0 amide bonds. The van der Waals surface area contributed by atoms with Gasteiger partial charge in [0.25, 0.3) is 0 Å². The fourth-order valence-electron chi connectivity index (χ4n) is 2.43. The molecule has 3 N–H and O–H groups in total. The van der Waals surface area contributed by atoms with Crippen molar-refractivity contribution in [2.75, 3.05) is 6.54 Å². The Balaban J connectivity index is 0.00000288. The first-order valence-electron chi connectivity index (χ1n) is 7.95. The van der Waals surface area contributed by atoms with Crippen LogP contribution in [0.3, 0.4) is 0 Å². The van der Waals surface area contributed by atoms with E-state index in [0.717, 1.165) is 35.7 Å². The summed E-state index contributed by atoms with van der Waals surface area (Å²) in [4.78, 5) is 4.62. The number of nitrogens with one attached hydrogen (secondary N) is 2. The minimum atomic E-state index is 0. The number of hydrogen-bond acceptors (Lipinski definition) is 2. The molecule has 0 fully saturated rings. The summed E-state index contributed by atoms with van der Waals surface area (Å²) >= 11 is 0. The van der Waals surface area contributed by atoms with Crippen LogP contribution in [0, 0.1) is 13.8 Å². The van der Waals surface area contributed by atoms with E-state index < -0.39 is 0 Å². The van der Waals surface area contributed by atoms with Gasteiger partial charge in [0.2, 0.25) is 0 Å². The molecule has 0 saturated heterocycles. The van der Waals surface area contributed by atoms with Crippen LogP contribution in [0.2, 0.25) is 0 Å².